The number of hydrogen-bond donors (Lipinski definition) is 0. The van der Waals surface area contributed by atoms with Gasteiger partial charge in [-0.1, -0.05) is 68.9 Å². The summed E-state index contributed by atoms with van der Waals surface area (Å²) in [6.07, 6.45) is 0. The van der Waals surface area contributed by atoms with E-state index in [4.69, 9.17) is 0 Å². The van der Waals surface area contributed by atoms with Crippen molar-refractivity contribution in [2.24, 2.45) is 0 Å². The maximum atomic E-state index is 10.1. The van der Waals surface area contributed by atoms with Crippen LogP contribution in [-0.2, 0) is 0 Å². The van der Waals surface area contributed by atoms with Crippen molar-refractivity contribution in [2.75, 3.05) is 0 Å². The summed E-state index contributed by atoms with van der Waals surface area (Å²) in [5, 5.41) is 10.1. The van der Waals surface area contributed by atoms with Gasteiger partial charge >= 0.3 is 29.6 Å². The zero-order chi connectivity index (χ0) is 13.4. The molecule has 0 spiro atoms. The van der Waals surface area contributed by atoms with Gasteiger partial charge in [0.15, 0.2) is 0 Å². The van der Waals surface area contributed by atoms with Crippen LogP contribution in [0.1, 0.15) is 20.8 Å². The minimum Gasteiger partial charge on any atom is -0.850 e. The third kappa shape index (κ3) is 11.3. The third-order valence-corrected chi connectivity index (χ3v) is 2.74. The molecule has 2 rings (SSSR count). The summed E-state index contributed by atoms with van der Waals surface area (Å²) in [5.41, 5.74) is -0.750. The van der Waals surface area contributed by atoms with Gasteiger partial charge in [0.2, 0.25) is 0 Å². The van der Waals surface area contributed by atoms with E-state index < -0.39 is 5.60 Å². The SMILES string of the molecule is CC(C)(C)[O-].[Na+].c1ccc(Sc2ccccc2)cc1. The molecule has 0 amide bonds. The largest absolute Gasteiger partial charge is 1.00 e. The predicted molar refractivity (Wildman–Crippen MR) is 76.8 cm³/mol. The molecule has 0 unspecified atom stereocenters. The van der Waals surface area contributed by atoms with Gasteiger partial charge in [0.1, 0.15) is 0 Å². The van der Waals surface area contributed by atoms with Crippen molar-refractivity contribution in [3.05, 3.63) is 60.7 Å². The van der Waals surface area contributed by atoms with E-state index in [1.165, 1.54) is 9.79 Å². The van der Waals surface area contributed by atoms with Crippen molar-refractivity contribution in [3.63, 3.8) is 0 Å². The molecule has 0 saturated carbocycles. The van der Waals surface area contributed by atoms with E-state index in [1.54, 1.807) is 32.5 Å². The topological polar surface area (TPSA) is 23.1 Å². The van der Waals surface area contributed by atoms with Gasteiger partial charge in [0, 0.05) is 9.79 Å². The molecule has 2 aromatic carbocycles. The zero-order valence-electron chi connectivity index (χ0n) is 12.1. The number of hydrogen-bond acceptors (Lipinski definition) is 2. The van der Waals surface area contributed by atoms with E-state index in [9.17, 15) is 5.11 Å². The molecule has 0 atom stereocenters. The number of benzene rings is 2. The van der Waals surface area contributed by atoms with Gasteiger partial charge in [0.05, 0.1) is 0 Å². The first-order chi connectivity index (χ1) is 8.45. The second-order valence-corrected chi connectivity index (χ2v) is 5.99. The average Bonchev–Trinajstić information content (AvgIpc) is 2.29. The Hall–Kier alpha value is -0.250. The maximum Gasteiger partial charge on any atom is 1.00 e. The average molecular weight is 282 g/mol. The van der Waals surface area contributed by atoms with Crippen LogP contribution in [0.5, 0.6) is 0 Å². The minimum atomic E-state index is -0.750. The Bertz CT molecular complexity index is 394. The molecule has 0 fully saturated rings. The third-order valence-electron chi connectivity index (χ3n) is 1.72. The van der Waals surface area contributed by atoms with Crippen LogP contribution in [0.4, 0.5) is 0 Å². The summed E-state index contributed by atoms with van der Waals surface area (Å²) < 4.78 is 0. The van der Waals surface area contributed by atoms with Gasteiger partial charge in [-0.25, -0.2) is 0 Å². The second kappa shape index (κ2) is 9.62. The summed E-state index contributed by atoms with van der Waals surface area (Å²) in [5.74, 6) is 0. The van der Waals surface area contributed by atoms with E-state index in [0.717, 1.165) is 0 Å². The number of rotatable bonds is 2. The Kier molecular flexibility index (Phi) is 9.50. The smallest absolute Gasteiger partial charge is 0.850 e. The molecule has 19 heavy (non-hydrogen) atoms. The Labute approximate surface area is 142 Å². The molecule has 1 nitrogen and oxygen atoms in total. The first-order valence-electron chi connectivity index (χ1n) is 5.93. The predicted octanol–water partition coefficient (Wildman–Crippen LogP) is 0.987. The Morgan fingerprint density at radius 2 is 1.00 bits per heavy atom. The van der Waals surface area contributed by atoms with Crippen LogP contribution in [0, 0.1) is 0 Å². The summed E-state index contributed by atoms with van der Waals surface area (Å²) in [6, 6.07) is 20.8. The van der Waals surface area contributed by atoms with E-state index in [1.807, 2.05) is 12.1 Å². The monoisotopic (exact) mass is 282 g/mol. The molecule has 0 aliphatic heterocycles. The molecule has 0 heterocycles. The molecule has 0 aliphatic rings. The van der Waals surface area contributed by atoms with Gasteiger partial charge in [0.25, 0.3) is 0 Å². The summed E-state index contributed by atoms with van der Waals surface area (Å²) in [7, 11) is 0. The first-order valence-corrected chi connectivity index (χ1v) is 6.75. The van der Waals surface area contributed by atoms with Crippen molar-refractivity contribution >= 4 is 11.8 Å². The van der Waals surface area contributed by atoms with Crippen molar-refractivity contribution in [3.8, 4) is 0 Å². The van der Waals surface area contributed by atoms with E-state index in [0.29, 0.717) is 0 Å². The van der Waals surface area contributed by atoms with Crippen molar-refractivity contribution in [1.29, 1.82) is 0 Å². The fourth-order valence-electron chi connectivity index (χ4n) is 1.11. The zero-order valence-corrected chi connectivity index (χ0v) is 14.9. The Morgan fingerprint density at radius 1 is 0.737 bits per heavy atom. The van der Waals surface area contributed by atoms with Crippen molar-refractivity contribution in [2.45, 2.75) is 36.2 Å². The summed E-state index contributed by atoms with van der Waals surface area (Å²) in [4.78, 5) is 2.57. The van der Waals surface area contributed by atoms with Crippen molar-refractivity contribution < 1.29 is 34.7 Å². The Morgan fingerprint density at radius 3 is 1.26 bits per heavy atom. The standard InChI is InChI=1S/C12H10S.C4H9O.Na/c1-3-7-11(8-4-1)13-12-9-5-2-6-10-12;1-4(2,3)5;/h1-10H;1-3H3;/q;-1;+1. The first kappa shape index (κ1) is 18.8. The summed E-state index contributed by atoms with van der Waals surface area (Å²) in [6.45, 7) is 4.90. The van der Waals surface area contributed by atoms with Crippen molar-refractivity contribution in [1.82, 2.24) is 0 Å². The van der Waals surface area contributed by atoms with Gasteiger partial charge < -0.3 is 5.11 Å². The summed E-state index contributed by atoms with van der Waals surface area (Å²) >= 11 is 1.79. The van der Waals surface area contributed by atoms with E-state index in [-0.39, 0.29) is 29.6 Å². The van der Waals surface area contributed by atoms with E-state index in [2.05, 4.69) is 48.5 Å². The quantitative estimate of drug-likeness (QED) is 0.767. The van der Waals surface area contributed by atoms with Gasteiger partial charge in [-0.15, -0.1) is 5.60 Å². The molecule has 96 valence electrons. The molecular formula is C16H19NaOS. The van der Waals surface area contributed by atoms with E-state index >= 15 is 0 Å². The van der Waals surface area contributed by atoms with Gasteiger partial charge in [-0.3, -0.25) is 0 Å². The molecule has 0 saturated heterocycles. The molecule has 0 N–H and O–H groups in total. The fraction of sp³-hybridized carbons (Fsp3) is 0.250. The van der Waals surface area contributed by atoms with Crippen LogP contribution in [0.15, 0.2) is 70.5 Å². The van der Waals surface area contributed by atoms with Crippen LogP contribution in [0.3, 0.4) is 0 Å². The van der Waals surface area contributed by atoms with Crippen LogP contribution in [0.2, 0.25) is 0 Å². The fourth-order valence-corrected chi connectivity index (χ4v) is 1.97. The normalized spacial score (nSPS) is 9.89. The Balaban J connectivity index is 0.000000471. The molecule has 0 bridgehead atoms. The van der Waals surface area contributed by atoms with Crippen LogP contribution < -0.4 is 34.7 Å². The van der Waals surface area contributed by atoms with Gasteiger partial charge in [-0.2, -0.15) is 0 Å². The van der Waals surface area contributed by atoms with Crippen LogP contribution >= 0.6 is 11.8 Å². The molecule has 0 radical (unpaired) electrons. The molecule has 3 heteroatoms. The molecular weight excluding hydrogens is 263 g/mol. The molecule has 0 aliphatic carbocycles. The van der Waals surface area contributed by atoms with Gasteiger partial charge in [-0.05, 0) is 24.3 Å². The molecule has 0 aromatic heterocycles. The second-order valence-electron chi connectivity index (χ2n) is 4.84. The minimum absolute atomic E-state index is 0. The van der Waals surface area contributed by atoms with Crippen LogP contribution in [0.25, 0.3) is 0 Å². The van der Waals surface area contributed by atoms with Crippen LogP contribution in [-0.4, -0.2) is 5.60 Å². The molecule has 2 aromatic rings. The maximum absolute atomic E-state index is 10.1.